The summed E-state index contributed by atoms with van der Waals surface area (Å²) in [6.45, 7) is 0. The third-order valence-electron chi connectivity index (χ3n) is 3.52. The molecule has 2 amide bonds. The van der Waals surface area contributed by atoms with Crippen molar-refractivity contribution in [2.75, 3.05) is 7.05 Å². The van der Waals surface area contributed by atoms with E-state index >= 15 is 0 Å². The highest BCUT2D eigenvalue weighted by molar-refractivity contribution is 6.06. The molecule has 1 unspecified atom stereocenters. The lowest BCUT2D eigenvalue weighted by atomic mass is 10.1. The van der Waals surface area contributed by atoms with Crippen LogP contribution in [0.4, 0.5) is 0 Å². The van der Waals surface area contributed by atoms with E-state index in [-0.39, 0.29) is 23.8 Å². The number of nitrogens with zero attached hydrogens (tertiary/aromatic N) is 3. The fourth-order valence-electron chi connectivity index (χ4n) is 2.45. The molecule has 0 aliphatic carbocycles. The number of likely N-dealkylation sites (tertiary alicyclic amines) is 1. The standard InChI is InChI=1S/C13H11N3O4/c1-15-10(17)5-9(12(15)18)16-6-14-8-4-2-3-7(11(8)16)13(19)20/h2-4,6,9H,5H2,1H3,(H,19,20). The first-order valence-corrected chi connectivity index (χ1v) is 6.00. The topological polar surface area (TPSA) is 92.5 Å². The highest BCUT2D eigenvalue weighted by Gasteiger charge is 2.38. The van der Waals surface area contributed by atoms with Crippen LogP contribution in [0.2, 0.25) is 0 Å². The Kier molecular flexibility index (Phi) is 2.56. The van der Waals surface area contributed by atoms with Gasteiger partial charge in [0.05, 0.1) is 29.3 Å². The normalized spacial score (nSPS) is 19.1. The van der Waals surface area contributed by atoms with E-state index in [2.05, 4.69) is 4.98 Å². The zero-order chi connectivity index (χ0) is 14.4. The minimum absolute atomic E-state index is 0.0226. The fraction of sp³-hybridized carbons (Fsp3) is 0.231. The van der Waals surface area contributed by atoms with Gasteiger partial charge >= 0.3 is 5.97 Å². The Morgan fingerprint density at radius 3 is 2.75 bits per heavy atom. The Morgan fingerprint density at radius 1 is 1.40 bits per heavy atom. The van der Waals surface area contributed by atoms with Crippen molar-refractivity contribution in [3.05, 3.63) is 30.1 Å². The van der Waals surface area contributed by atoms with Gasteiger partial charge in [-0.3, -0.25) is 14.5 Å². The van der Waals surface area contributed by atoms with Crippen LogP contribution in [-0.4, -0.2) is 44.4 Å². The van der Waals surface area contributed by atoms with Crippen LogP contribution in [0.25, 0.3) is 11.0 Å². The molecule has 1 aromatic heterocycles. The number of aromatic nitrogens is 2. The van der Waals surface area contributed by atoms with E-state index in [0.717, 1.165) is 4.90 Å². The molecule has 0 saturated carbocycles. The Labute approximate surface area is 113 Å². The number of aromatic carboxylic acids is 1. The van der Waals surface area contributed by atoms with Crippen LogP contribution in [0.1, 0.15) is 22.8 Å². The summed E-state index contributed by atoms with van der Waals surface area (Å²) in [6, 6.07) is 3.99. The molecule has 3 rings (SSSR count). The molecule has 1 saturated heterocycles. The summed E-state index contributed by atoms with van der Waals surface area (Å²) in [5, 5.41) is 9.23. The van der Waals surface area contributed by atoms with E-state index in [4.69, 9.17) is 0 Å². The number of hydrogen-bond donors (Lipinski definition) is 1. The summed E-state index contributed by atoms with van der Waals surface area (Å²) in [5.74, 6) is -1.73. The second-order valence-electron chi connectivity index (χ2n) is 4.64. The summed E-state index contributed by atoms with van der Waals surface area (Å²) in [7, 11) is 1.42. The number of likely N-dealkylation sites (N-methyl/N-ethyl adjacent to an activating group) is 1. The molecule has 0 spiro atoms. The minimum Gasteiger partial charge on any atom is -0.478 e. The van der Waals surface area contributed by atoms with Gasteiger partial charge in [0, 0.05) is 7.05 Å². The maximum absolute atomic E-state index is 12.0. The van der Waals surface area contributed by atoms with Crippen LogP contribution < -0.4 is 0 Å². The maximum Gasteiger partial charge on any atom is 0.337 e. The average Bonchev–Trinajstić information content (AvgIpc) is 2.95. The number of benzene rings is 1. The second kappa shape index (κ2) is 4.16. The number of carboxylic acid groups (broad SMARTS) is 1. The largest absolute Gasteiger partial charge is 0.478 e. The van der Waals surface area contributed by atoms with Crippen molar-refractivity contribution in [1.82, 2.24) is 14.5 Å². The van der Waals surface area contributed by atoms with Gasteiger partial charge in [0.1, 0.15) is 6.04 Å². The van der Waals surface area contributed by atoms with Crippen LogP contribution in [0.15, 0.2) is 24.5 Å². The van der Waals surface area contributed by atoms with Crippen LogP contribution in [-0.2, 0) is 9.59 Å². The van der Waals surface area contributed by atoms with Gasteiger partial charge in [-0.25, -0.2) is 9.78 Å². The highest BCUT2D eigenvalue weighted by Crippen LogP contribution is 2.28. The molecule has 2 heterocycles. The van der Waals surface area contributed by atoms with Gasteiger partial charge < -0.3 is 9.67 Å². The van der Waals surface area contributed by atoms with Crippen molar-refractivity contribution in [1.29, 1.82) is 0 Å². The van der Waals surface area contributed by atoms with Gasteiger partial charge in [-0.1, -0.05) is 6.07 Å². The van der Waals surface area contributed by atoms with Crippen LogP contribution >= 0.6 is 0 Å². The van der Waals surface area contributed by atoms with E-state index in [1.807, 2.05) is 0 Å². The van der Waals surface area contributed by atoms with Crippen molar-refractivity contribution in [3.63, 3.8) is 0 Å². The minimum atomic E-state index is -1.09. The quantitative estimate of drug-likeness (QED) is 0.811. The number of imide groups is 1. The van der Waals surface area contributed by atoms with Crippen molar-refractivity contribution in [2.24, 2.45) is 0 Å². The molecular formula is C13H11N3O4. The molecule has 7 nitrogen and oxygen atoms in total. The van der Waals surface area contributed by atoms with Gasteiger partial charge in [0.2, 0.25) is 5.91 Å². The molecule has 7 heteroatoms. The monoisotopic (exact) mass is 273 g/mol. The van der Waals surface area contributed by atoms with Crippen molar-refractivity contribution < 1.29 is 19.5 Å². The van der Waals surface area contributed by atoms with Gasteiger partial charge in [-0.2, -0.15) is 0 Å². The number of carbonyl (C=O) groups is 3. The lowest BCUT2D eigenvalue weighted by Crippen LogP contribution is -2.26. The molecule has 1 fully saturated rings. The van der Waals surface area contributed by atoms with Crippen LogP contribution in [0, 0.1) is 0 Å². The molecule has 1 aromatic carbocycles. The van der Waals surface area contributed by atoms with E-state index in [1.165, 1.54) is 24.0 Å². The number of rotatable bonds is 2. The van der Waals surface area contributed by atoms with Crippen molar-refractivity contribution in [3.8, 4) is 0 Å². The van der Waals surface area contributed by atoms with E-state index in [1.54, 1.807) is 12.1 Å². The summed E-state index contributed by atoms with van der Waals surface area (Å²) >= 11 is 0. The smallest absolute Gasteiger partial charge is 0.337 e. The molecule has 1 aliphatic rings. The summed E-state index contributed by atoms with van der Waals surface area (Å²) in [6.07, 6.45) is 1.43. The Morgan fingerprint density at radius 2 is 2.15 bits per heavy atom. The molecule has 0 bridgehead atoms. The van der Waals surface area contributed by atoms with Crippen LogP contribution in [0.5, 0.6) is 0 Å². The van der Waals surface area contributed by atoms with E-state index in [0.29, 0.717) is 11.0 Å². The fourth-order valence-corrected chi connectivity index (χ4v) is 2.45. The van der Waals surface area contributed by atoms with E-state index in [9.17, 15) is 19.5 Å². The third-order valence-corrected chi connectivity index (χ3v) is 3.52. The number of hydrogen-bond acceptors (Lipinski definition) is 4. The molecule has 1 atom stereocenters. The number of imidazole rings is 1. The summed E-state index contributed by atoms with van der Waals surface area (Å²) < 4.78 is 1.47. The molecule has 1 N–H and O–H groups in total. The number of carboxylic acids is 1. The molecule has 20 heavy (non-hydrogen) atoms. The SMILES string of the molecule is CN1C(=O)CC(n2cnc3cccc(C(=O)O)c32)C1=O. The average molecular weight is 273 g/mol. The lowest BCUT2D eigenvalue weighted by molar-refractivity contribution is -0.137. The molecule has 102 valence electrons. The summed E-state index contributed by atoms with van der Waals surface area (Å²) in [5.41, 5.74) is 0.913. The Balaban J connectivity index is 2.21. The Bertz CT molecular complexity index is 749. The number of carbonyl (C=O) groups excluding carboxylic acids is 2. The van der Waals surface area contributed by atoms with E-state index < -0.39 is 12.0 Å². The first-order chi connectivity index (χ1) is 9.50. The number of amides is 2. The van der Waals surface area contributed by atoms with Crippen molar-refractivity contribution in [2.45, 2.75) is 12.5 Å². The lowest BCUT2D eigenvalue weighted by Gasteiger charge is -2.12. The van der Waals surface area contributed by atoms with Gasteiger partial charge in [0.25, 0.3) is 5.91 Å². The Hall–Kier alpha value is -2.70. The second-order valence-corrected chi connectivity index (χ2v) is 4.64. The third kappa shape index (κ3) is 1.59. The van der Waals surface area contributed by atoms with Crippen molar-refractivity contribution >= 4 is 28.8 Å². The number of fused-ring (bicyclic) bond motifs is 1. The molecule has 1 aliphatic heterocycles. The first-order valence-electron chi connectivity index (χ1n) is 6.00. The maximum atomic E-state index is 12.0. The zero-order valence-corrected chi connectivity index (χ0v) is 10.6. The molecular weight excluding hydrogens is 262 g/mol. The predicted octanol–water partition coefficient (Wildman–Crippen LogP) is 0.664. The first kappa shape index (κ1) is 12.3. The highest BCUT2D eigenvalue weighted by atomic mass is 16.4. The summed E-state index contributed by atoms with van der Waals surface area (Å²) in [4.78, 5) is 40.1. The molecule has 0 radical (unpaired) electrons. The van der Waals surface area contributed by atoms with Gasteiger partial charge in [0.15, 0.2) is 0 Å². The van der Waals surface area contributed by atoms with Crippen LogP contribution in [0.3, 0.4) is 0 Å². The van der Waals surface area contributed by atoms with Gasteiger partial charge in [-0.05, 0) is 12.1 Å². The predicted molar refractivity (Wildman–Crippen MR) is 68.1 cm³/mol. The van der Waals surface area contributed by atoms with Gasteiger partial charge in [-0.15, -0.1) is 0 Å². The number of para-hydroxylation sites is 1. The zero-order valence-electron chi connectivity index (χ0n) is 10.6. The molecule has 2 aromatic rings.